The summed E-state index contributed by atoms with van der Waals surface area (Å²) in [4.78, 5) is 25.4. The topological polar surface area (TPSA) is 87.5 Å². The third kappa shape index (κ3) is 5.95. The predicted octanol–water partition coefficient (Wildman–Crippen LogP) is 1.95. The van der Waals surface area contributed by atoms with Crippen molar-refractivity contribution in [2.24, 2.45) is 0 Å². The molecule has 1 heterocycles. The van der Waals surface area contributed by atoms with Gasteiger partial charge >= 0.3 is 0 Å². The van der Waals surface area contributed by atoms with Gasteiger partial charge in [-0.1, -0.05) is 26.8 Å². The van der Waals surface area contributed by atoms with Crippen LogP contribution < -0.4 is 10.6 Å². The van der Waals surface area contributed by atoms with Crippen molar-refractivity contribution in [3.8, 4) is 0 Å². The van der Waals surface area contributed by atoms with Crippen LogP contribution in [0.4, 0.5) is 5.69 Å². The average Bonchev–Trinajstić information content (AvgIpc) is 2.54. The molecular formula is C17H27ClN4O3. The molecule has 7 nitrogen and oxygen atoms in total. The van der Waals surface area contributed by atoms with Crippen LogP contribution in [0.1, 0.15) is 36.7 Å². The zero-order valence-electron chi connectivity index (χ0n) is 15.0. The van der Waals surface area contributed by atoms with E-state index in [2.05, 4.69) is 15.5 Å². The normalized spacial score (nSPS) is 15.3. The number of nitrogens with one attached hydrogen (secondary N) is 2. The number of nitrogens with zero attached hydrogens (tertiary/aromatic N) is 2. The smallest absolute Gasteiger partial charge is 0.273 e. The van der Waals surface area contributed by atoms with Crippen molar-refractivity contribution in [2.45, 2.75) is 26.2 Å². The van der Waals surface area contributed by atoms with E-state index in [-0.39, 0.29) is 29.4 Å². The molecule has 0 saturated carbocycles. The van der Waals surface area contributed by atoms with Crippen molar-refractivity contribution in [1.29, 1.82) is 0 Å². The van der Waals surface area contributed by atoms with Gasteiger partial charge in [0.2, 0.25) is 0 Å². The Morgan fingerprint density at radius 2 is 1.96 bits per heavy atom. The largest absolute Gasteiger partial charge is 0.351 e. The van der Waals surface area contributed by atoms with Gasteiger partial charge in [0.25, 0.3) is 11.6 Å². The highest BCUT2D eigenvalue weighted by Gasteiger charge is 2.26. The molecule has 1 saturated heterocycles. The maximum Gasteiger partial charge on any atom is 0.273 e. The zero-order valence-corrected chi connectivity index (χ0v) is 15.8. The number of hydrogen-bond acceptors (Lipinski definition) is 5. The minimum Gasteiger partial charge on any atom is -0.351 e. The highest BCUT2D eigenvalue weighted by atomic mass is 35.5. The van der Waals surface area contributed by atoms with Crippen LogP contribution in [0, 0.1) is 10.1 Å². The molecule has 2 rings (SSSR count). The van der Waals surface area contributed by atoms with E-state index in [1.807, 2.05) is 20.8 Å². The Bertz CT molecular complexity index is 610. The molecule has 1 fully saturated rings. The van der Waals surface area contributed by atoms with E-state index in [0.29, 0.717) is 17.7 Å². The lowest BCUT2D eigenvalue weighted by Crippen LogP contribution is -2.46. The summed E-state index contributed by atoms with van der Waals surface area (Å²) in [6.07, 6.45) is 0. The second-order valence-electron chi connectivity index (χ2n) is 7.09. The SMILES string of the molecule is CC(C)(C)c1ccc(C(=O)NCCN2CCNCC2)cc1[N+](=O)[O-].Cl. The first kappa shape index (κ1) is 21.3. The Hall–Kier alpha value is -1.70. The molecule has 0 bridgehead atoms. The summed E-state index contributed by atoms with van der Waals surface area (Å²) >= 11 is 0. The molecule has 0 radical (unpaired) electrons. The van der Waals surface area contributed by atoms with Gasteiger partial charge in [-0.05, 0) is 11.5 Å². The molecule has 1 aliphatic heterocycles. The van der Waals surface area contributed by atoms with E-state index in [0.717, 1.165) is 32.7 Å². The minimum absolute atomic E-state index is 0. The van der Waals surface area contributed by atoms with Crippen molar-refractivity contribution in [3.63, 3.8) is 0 Å². The van der Waals surface area contributed by atoms with Gasteiger partial charge in [-0.3, -0.25) is 19.8 Å². The number of nitro benzene ring substituents is 1. The fourth-order valence-corrected chi connectivity index (χ4v) is 2.82. The summed E-state index contributed by atoms with van der Waals surface area (Å²) in [6.45, 7) is 11.0. The lowest BCUT2D eigenvalue weighted by atomic mass is 9.85. The maximum absolute atomic E-state index is 12.3. The van der Waals surface area contributed by atoms with Gasteiger partial charge in [0.15, 0.2) is 0 Å². The first-order valence-electron chi connectivity index (χ1n) is 8.29. The fraction of sp³-hybridized carbons (Fsp3) is 0.588. The van der Waals surface area contributed by atoms with Gasteiger partial charge in [-0.15, -0.1) is 12.4 Å². The van der Waals surface area contributed by atoms with Crippen molar-refractivity contribution in [1.82, 2.24) is 15.5 Å². The Morgan fingerprint density at radius 3 is 2.52 bits per heavy atom. The molecule has 0 spiro atoms. The lowest BCUT2D eigenvalue weighted by molar-refractivity contribution is -0.386. The molecule has 1 aliphatic rings. The molecule has 140 valence electrons. The van der Waals surface area contributed by atoms with Gasteiger partial charge in [0, 0.05) is 56.5 Å². The van der Waals surface area contributed by atoms with Crippen LogP contribution in [0.25, 0.3) is 0 Å². The predicted molar refractivity (Wildman–Crippen MR) is 101 cm³/mol. The van der Waals surface area contributed by atoms with E-state index < -0.39 is 4.92 Å². The summed E-state index contributed by atoms with van der Waals surface area (Å²) in [5.74, 6) is -0.270. The van der Waals surface area contributed by atoms with E-state index in [9.17, 15) is 14.9 Å². The highest BCUT2D eigenvalue weighted by Crippen LogP contribution is 2.31. The van der Waals surface area contributed by atoms with Crippen LogP contribution in [0.5, 0.6) is 0 Å². The third-order valence-corrected chi connectivity index (χ3v) is 4.19. The highest BCUT2D eigenvalue weighted by molar-refractivity contribution is 5.95. The monoisotopic (exact) mass is 370 g/mol. The number of amides is 1. The fourth-order valence-electron chi connectivity index (χ4n) is 2.82. The summed E-state index contributed by atoms with van der Waals surface area (Å²) in [5.41, 5.74) is 0.608. The number of carbonyl (C=O) groups is 1. The number of carbonyl (C=O) groups excluding carboxylic acids is 1. The van der Waals surface area contributed by atoms with Crippen LogP contribution >= 0.6 is 12.4 Å². The van der Waals surface area contributed by atoms with E-state index in [4.69, 9.17) is 0 Å². The standard InChI is InChI=1S/C17H26N4O3.ClH/c1-17(2,3)14-5-4-13(12-15(14)21(23)24)16(22)19-8-11-20-9-6-18-7-10-20;/h4-5,12,18H,6-11H2,1-3H3,(H,19,22);1H. The van der Waals surface area contributed by atoms with Gasteiger partial charge in [0.1, 0.15) is 0 Å². The molecule has 1 amide bonds. The van der Waals surface area contributed by atoms with Crippen molar-refractivity contribution < 1.29 is 9.72 Å². The maximum atomic E-state index is 12.3. The lowest BCUT2D eigenvalue weighted by Gasteiger charge is -2.27. The Morgan fingerprint density at radius 1 is 1.32 bits per heavy atom. The summed E-state index contributed by atoms with van der Waals surface area (Å²) in [5, 5.41) is 17.5. The molecule has 0 aliphatic carbocycles. The van der Waals surface area contributed by atoms with Crippen LogP contribution in [-0.2, 0) is 5.41 Å². The molecule has 8 heteroatoms. The van der Waals surface area contributed by atoms with Crippen molar-refractivity contribution >= 4 is 24.0 Å². The zero-order chi connectivity index (χ0) is 17.7. The van der Waals surface area contributed by atoms with Gasteiger partial charge in [-0.2, -0.15) is 0 Å². The minimum atomic E-state index is -0.419. The first-order valence-corrected chi connectivity index (χ1v) is 8.29. The van der Waals surface area contributed by atoms with Crippen LogP contribution in [0.3, 0.4) is 0 Å². The molecule has 0 aromatic heterocycles. The van der Waals surface area contributed by atoms with Crippen molar-refractivity contribution in [2.75, 3.05) is 39.3 Å². The summed E-state index contributed by atoms with van der Waals surface area (Å²) < 4.78 is 0. The second-order valence-corrected chi connectivity index (χ2v) is 7.09. The number of halogens is 1. The summed E-state index contributed by atoms with van der Waals surface area (Å²) in [6, 6.07) is 4.72. The van der Waals surface area contributed by atoms with E-state index in [1.165, 1.54) is 6.07 Å². The molecule has 0 unspecified atom stereocenters. The van der Waals surface area contributed by atoms with Crippen molar-refractivity contribution in [3.05, 3.63) is 39.4 Å². The van der Waals surface area contributed by atoms with Gasteiger partial charge in [-0.25, -0.2) is 0 Å². The summed E-state index contributed by atoms with van der Waals surface area (Å²) in [7, 11) is 0. The second kappa shape index (κ2) is 9.12. The Labute approximate surface area is 154 Å². The third-order valence-electron chi connectivity index (χ3n) is 4.19. The Kier molecular flexibility index (Phi) is 7.79. The molecule has 1 aromatic carbocycles. The molecule has 25 heavy (non-hydrogen) atoms. The van der Waals surface area contributed by atoms with Gasteiger partial charge < -0.3 is 10.6 Å². The van der Waals surface area contributed by atoms with Crippen LogP contribution in [0.15, 0.2) is 18.2 Å². The van der Waals surface area contributed by atoms with Crippen LogP contribution in [-0.4, -0.2) is 55.0 Å². The quantitative estimate of drug-likeness (QED) is 0.611. The number of benzene rings is 1. The van der Waals surface area contributed by atoms with E-state index in [1.54, 1.807) is 12.1 Å². The van der Waals surface area contributed by atoms with Crippen LogP contribution in [0.2, 0.25) is 0 Å². The number of nitro groups is 1. The number of hydrogen-bond donors (Lipinski definition) is 2. The van der Waals surface area contributed by atoms with Gasteiger partial charge in [0.05, 0.1) is 4.92 Å². The first-order chi connectivity index (χ1) is 11.3. The number of rotatable bonds is 5. The van der Waals surface area contributed by atoms with E-state index >= 15 is 0 Å². The molecular weight excluding hydrogens is 344 g/mol. The average molecular weight is 371 g/mol. The Balaban J connectivity index is 0.00000312. The molecule has 2 N–H and O–H groups in total. The molecule has 1 aromatic rings. The number of piperazine rings is 1. The molecule has 0 atom stereocenters.